The first-order valence-electron chi connectivity index (χ1n) is 14.6. The van der Waals surface area contributed by atoms with Crippen LogP contribution in [-0.4, -0.2) is 96.4 Å². The summed E-state index contributed by atoms with van der Waals surface area (Å²) < 4.78 is 45.8. The zero-order chi connectivity index (χ0) is 30.7. The van der Waals surface area contributed by atoms with E-state index in [4.69, 9.17) is 37.9 Å². The molecule has 11 heteroatoms. The van der Waals surface area contributed by atoms with Gasteiger partial charge in [0.05, 0.1) is 60.0 Å². The summed E-state index contributed by atoms with van der Waals surface area (Å²) in [6.45, 7) is 9.34. The number of carbonyl (C=O) groups excluding carboxylic acids is 2. The van der Waals surface area contributed by atoms with Gasteiger partial charge in [-0.3, -0.25) is 0 Å². The minimum Gasteiger partial charge on any atom is -0.491 e. The van der Waals surface area contributed by atoms with E-state index in [0.717, 1.165) is 22.3 Å². The highest BCUT2D eigenvalue weighted by Crippen LogP contribution is 2.46. The first kappa shape index (κ1) is 32.5. The molecular formula is C32H43NO10. The van der Waals surface area contributed by atoms with Crippen LogP contribution in [0, 0.1) is 0 Å². The van der Waals surface area contributed by atoms with Gasteiger partial charge >= 0.3 is 12.1 Å². The topological polar surface area (TPSA) is 120 Å². The largest absolute Gasteiger partial charge is 0.491 e. The van der Waals surface area contributed by atoms with Gasteiger partial charge in [-0.15, -0.1) is 0 Å². The number of alkyl carbamates (subject to hydrolysis) is 1. The highest BCUT2D eigenvalue weighted by atomic mass is 16.6. The quantitative estimate of drug-likeness (QED) is 0.510. The summed E-state index contributed by atoms with van der Waals surface area (Å²) in [5.41, 5.74) is 0.891. The van der Waals surface area contributed by atoms with E-state index in [1.807, 2.05) is 36.4 Å². The van der Waals surface area contributed by atoms with Crippen molar-refractivity contribution in [2.24, 2.45) is 0 Å². The van der Waals surface area contributed by atoms with Crippen LogP contribution in [-0.2, 0) is 46.1 Å². The summed E-state index contributed by atoms with van der Waals surface area (Å²) in [4.78, 5) is 26.6. The van der Waals surface area contributed by atoms with Crippen molar-refractivity contribution in [2.45, 2.75) is 44.8 Å². The van der Waals surface area contributed by atoms with Gasteiger partial charge < -0.3 is 43.2 Å². The van der Waals surface area contributed by atoms with E-state index in [-0.39, 0.29) is 12.8 Å². The highest BCUT2D eigenvalue weighted by Gasteiger charge is 2.46. The fraction of sp³-hybridized carbons (Fsp3) is 0.562. The molecule has 1 N–H and O–H groups in total. The van der Waals surface area contributed by atoms with Crippen LogP contribution in [0.25, 0.3) is 11.1 Å². The van der Waals surface area contributed by atoms with Gasteiger partial charge in [0.1, 0.15) is 35.9 Å². The molecular weight excluding hydrogens is 558 g/mol. The standard InChI is InChI=1S/C32H43NO10/c1-31(2,3)43-30(35)33-32(29(34)36-4)21-23-7-5-9-25-27(23)28-24(22-32)8-6-10-26(28)42-20-18-40-16-14-38-12-11-37-13-15-39-17-19-41-25/h5-10H,11-22H2,1-4H3,(H,33,35). The molecule has 0 fully saturated rings. The number of carbonyl (C=O) groups is 2. The van der Waals surface area contributed by atoms with Crippen molar-refractivity contribution < 1.29 is 47.5 Å². The number of rotatable bonds is 2. The molecule has 1 amide bonds. The van der Waals surface area contributed by atoms with E-state index in [2.05, 4.69) is 5.32 Å². The molecule has 0 radical (unpaired) electrons. The van der Waals surface area contributed by atoms with E-state index in [1.165, 1.54) is 7.11 Å². The van der Waals surface area contributed by atoms with E-state index in [1.54, 1.807) is 20.8 Å². The van der Waals surface area contributed by atoms with Crippen LogP contribution < -0.4 is 14.8 Å². The van der Waals surface area contributed by atoms with Gasteiger partial charge in [-0.05, 0) is 44.0 Å². The number of esters is 1. The monoisotopic (exact) mass is 601 g/mol. The van der Waals surface area contributed by atoms with Gasteiger partial charge in [0.15, 0.2) is 0 Å². The molecule has 0 bridgehead atoms. The molecule has 1 aliphatic carbocycles. The van der Waals surface area contributed by atoms with Crippen molar-refractivity contribution in [1.82, 2.24) is 5.32 Å². The Morgan fingerprint density at radius 3 is 1.51 bits per heavy atom. The summed E-state index contributed by atoms with van der Waals surface area (Å²) in [5.74, 6) is 0.629. The third-order valence-corrected chi connectivity index (χ3v) is 6.86. The normalized spacial score (nSPS) is 18.4. The van der Waals surface area contributed by atoms with E-state index in [9.17, 15) is 9.59 Å². The van der Waals surface area contributed by atoms with Gasteiger partial charge in [-0.1, -0.05) is 24.3 Å². The number of hydrogen-bond donors (Lipinski definition) is 1. The average molecular weight is 602 g/mol. The molecule has 0 aromatic heterocycles. The van der Waals surface area contributed by atoms with Crippen LogP contribution in [0.2, 0.25) is 0 Å². The average Bonchev–Trinajstić information content (AvgIpc) is 3.10. The Balaban J connectivity index is 1.74. The molecule has 0 atom stereocenters. The number of benzene rings is 2. The summed E-state index contributed by atoms with van der Waals surface area (Å²) in [7, 11) is 1.31. The second kappa shape index (κ2) is 15.4. The molecule has 2 aromatic rings. The maximum Gasteiger partial charge on any atom is 0.408 e. The Morgan fingerprint density at radius 2 is 1.12 bits per heavy atom. The Kier molecular flexibility index (Phi) is 11.6. The van der Waals surface area contributed by atoms with Crippen molar-refractivity contribution in [3.63, 3.8) is 0 Å². The second-order valence-electron chi connectivity index (χ2n) is 11.3. The Morgan fingerprint density at radius 1 is 0.698 bits per heavy atom. The second-order valence-corrected chi connectivity index (χ2v) is 11.3. The van der Waals surface area contributed by atoms with Gasteiger partial charge in [0.25, 0.3) is 0 Å². The van der Waals surface area contributed by atoms with Crippen molar-refractivity contribution in [3.05, 3.63) is 47.5 Å². The number of amides is 1. The van der Waals surface area contributed by atoms with Gasteiger partial charge in [0.2, 0.25) is 0 Å². The Bertz CT molecular complexity index is 1160. The first-order chi connectivity index (χ1) is 20.7. The lowest BCUT2D eigenvalue weighted by Crippen LogP contribution is -2.58. The van der Waals surface area contributed by atoms with Gasteiger partial charge in [-0.2, -0.15) is 0 Å². The third-order valence-electron chi connectivity index (χ3n) is 6.86. The fourth-order valence-corrected chi connectivity index (χ4v) is 5.13. The zero-order valence-corrected chi connectivity index (χ0v) is 25.5. The van der Waals surface area contributed by atoms with Gasteiger partial charge in [0, 0.05) is 24.0 Å². The van der Waals surface area contributed by atoms with Crippen LogP contribution in [0.15, 0.2) is 36.4 Å². The van der Waals surface area contributed by atoms with Crippen LogP contribution in [0.1, 0.15) is 31.9 Å². The number of methoxy groups -OCH3 is 1. The molecule has 1 aliphatic heterocycles. The molecule has 1 heterocycles. The summed E-state index contributed by atoms with van der Waals surface area (Å²) in [6, 6.07) is 11.3. The smallest absolute Gasteiger partial charge is 0.408 e. The van der Waals surface area contributed by atoms with E-state index in [0.29, 0.717) is 77.6 Å². The number of nitrogens with one attached hydrogen (secondary N) is 1. The molecule has 43 heavy (non-hydrogen) atoms. The summed E-state index contributed by atoms with van der Waals surface area (Å²) in [6.07, 6.45) is -0.443. The molecule has 236 valence electrons. The fourth-order valence-electron chi connectivity index (χ4n) is 5.13. The molecule has 2 aromatic carbocycles. The van der Waals surface area contributed by atoms with Crippen LogP contribution >= 0.6 is 0 Å². The van der Waals surface area contributed by atoms with Crippen LogP contribution in [0.4, 0.5) is 4.79 Å². The molecule has 2 aliphatic rings. The minimum absolute atomic E-state index is 0.135. The lowest BCUT2D eigenvalue weighted by atomic mass is 9.86. The van der Waals surface area contributed by atoms with Crippen molar-refractivity contribution in [3.8, 4) is 22.6 Å². The highest BCUT2D eigenvalue weighted by molar-refractivity contribution is 5.91. The zero-order valence-electron chi connectivity index (χ0n) is 25.5. The molecule has 11 nitrogen and oxygen atoms in total. The van der Waals surface area contributed by atoms with Crippen molar-refractivity contribution in [1.29, 1.82) is 0 Å². The van der Waals surface area contributed by atoms with Gasteiger partial charge in [-0.25, -0.2) is 9.59 Å². The number of hydrogen-bond acceptors (Lipinski definition) is 10. The SMILES string of the molecule is COC(=O)C1(NC(=O)OC(C)(C)C)Cc2cccc3c2-c2c(cccc2OCCOCCOCCOCCOCCO3)C1. The maximum atomic E-state index is 13.5. The predicted molar refractivity (Wildman–Crippen MR) is 158 cm³/mol. The predicted octanol–water partition coefficient (Wildman–Crippen LogP) is 3.73. The van der Waals surface area contributed by atoms with Crippen molar-refractivity contribution in [2.75, 3.05) is 73.2 Å². The molecule has 0 saturated carbocycles. The summed E-state index contributed by atoms with van der Waals surface area (Å²) in [5, 5.41) is 2.87. The van der Waals surface area contributed by atoms with Crippen LogP contribution in [0.5, 0.6) is 11.5 Å². The molecule has 0 spiro atoms. The number of ether oxygens (including phenoxy) is 8. The lowest BCUT2D eigenvalue weighted by Gasteiger charge is -2.32. The first-order valence-corrected chi connectivity index (χ1v) is 14.6. The van der Waals surface area contributed by atoms with E-state index >= 15 is 0 Å². The minimum atomic E-state index is -1.45. The third kappa shape index (κ3) is 9.06. The molecule has 4 rings (SSSR count). The maximum absolute atomic E-state index is 13.5. The Hall–Kier alpha value is -3.38. The summed E-state index contributed by atoms with van der Waals surface area (Å²) >= 11 is 0. The Labute approximate surface area is 253 Å². The van der Waals surface area contributed by atoms with E-state index < -0.39 is 23.2 Å². The van der Waals surface area contributed by atoms with Crippen molar-refractivity contribution >= 4 is 12.1 Å². The van der Waals surface area contributed by atoms with Crippen LogP contribution in [0.3, 0.4) is 0 Å². The molecule has 0 unspecified atom stereocenters. The molecule has 0 saturated heterocycles. The lowest BCUT2D eigenvalue weighted by molar-refractivity contribution is -0.148.